The van der Waals surface area contributed by atoms with Crippen LogP contribution in [-0.4, -0.2) is 44.8 Å². The van der Waals surface area contributed by atoms with Crippen LogP contribution in [0, 0.1) is 11.8 Å². The Hall–Kier alpha value is -2.63. The van der Waals surface area contributed by atoms with Crippen molar-refractivity contribution < 1.29 is 14.7 Å². The number of nitrogens with zero attached hydrogens (tertiary/aromatic N) is 3. The molecule has 1 saturated heterocycles. The number of aromatic nitrogens is 2. The van der Waals surface area contributed by atoms with Gasteiger partial charge in [-0.3, -0.25) is 9.59 Å². The number of carbonyl (C=O) groups is 2. The fourth-order valence-electron chi connectivity index (χ4n) is 3.51. The van der Waals surface area contributed by atoms with Gasteiger partial charge >= 0.3 is 5.97 Å². The van der Waals surface area contributed by atoms with Crippen LogP contribution in [-0.2, 0) is 4.79 Å². The lowest BCUT2D eigenvalue weighted by Gasteiger charge is -2.16. The van der Waals surface area contributed by atoms with Crippen LogP contribution in [0.15, 0.2) is 36.4 Å². The number of carboxylic acids is 1. The standard InChI is InChI=1S/C19H21N3O3/c1-12-10-21(11-15(12)19(24)25)18(23)17-9-16(13-7-8-13)20-22(17)14-5-3-2-4-6-14/h2-6,9,12-13,15H,7-8,10-11H2,1H3,(H,24,25)/t12-,15-/m1/s1. The molecule has 2 heterocycles. The minimum absolute atomic E-state index is 0.0440. The van der Waals surface area contributed by atoms with E-state index >= 15 is 0 Å². The monoisotopic (exact) mass is 339 g/mol. The van der Waals surface area contributed by atoms with Gasteiger partial charge in [-0.2, -0.15) is 5.10 Å². The van der Waals surface area contributed by atoms with Crippen LogP contribution in [0.2, 0.25) is 0 Å². The number of amides is 1. The zero-order valence-electron chi connectivity index (χ0n) is 14.1. The van der Waals surface area contributed by atoms with Gasteiger partial charge in [0, 0.05) is 19.0 Å². The predicted octanol–water partition coefficient (Wildman–Crippen LogP) is 2.54. The molecule has 2 aliphatic rings. The third-order valence-corrected chi connectivity index (χ3v) is 5.16. The minimum Gasteiger partial charge on any atom is -0.481 e. The van der Waals surface area contributed by atoms with Gasteiger partial charge in [0.05, 0.1) is 17.3 Å². The van der Waals surface area contributed by atoms with Gasteiger partial charge in [-0.25, -0.2) is 4.68 Å². The van der Waals surface area contributed by atoms with E-state index in [9.17, 15) is 14.7 Å². The number of carbonyl (C=O) groups excluding carboxylic acids is 1. The summed E-state index contributed by atoms with van der Waals surface area (Å²) in [6.45, 7) is 2.61. The number of hydrogen-bond donors (Lipinski definition) is 1. The summed E-state index contributed by atoms with van der Waals surface area (Å²) in [5.41, 5.74) is 2.32. The van der Waals surface area contributed by atoms with Crippen molar-refractivity contribution in [2.45, 2.75) is 25.7 Å². The average Bonchev–Trinajstić information content (AvgIpc) is 3.24. The van der Waals surface area contributed by atoms with Crippen LogP contribution in [0.3, 0.4) is 0 Å². The molecule has 1 saturated carbocycles. The molecule has 4 rings (SSSR count). The van der Waals surface area contributed by atoms with E-state index in [1.807, 2.05) is 43.3 Å². The number of para-hydroxylation sites is 1. The first-order valence-corrected chi connectivity index (χ1v) is 8.72. The number of hydrogen-bond acceptors (Lipinski definition) is 3. The van der Waals surface area contributed by atoms with E-state index in [0.29, 0.717) is 18.2 Å². The Kier molecular flexibility index (Phi) is 3.82. The zero-order valence-corrected chi connectivity index (χ0v) is 14.1. The summed E-state index contributed by atoms with van der Waals surface area (Å²) in [6, 6.07) is 11.5. The van der Waals surface area contributed by atoms with Crippen LogP contribution in [0.5, 0.6) is 0 Å². The van der Waals surface area contributed by atoms with Crippen molar-refractivity contribution in [3.05, 3.63) is 47.8 Å². The van der Waals surface area contributed by atoms with Gasteiger partial charge in [-0.15, -0.1) is 0 Å². The molecular formula is C19H21N3O3. The van der Waals surface area contributed by atoms with Gasteiger partial charge in [-0.1, -0.05) is 25.1 Å². The SMILES string of the molecule is C[C@@H]1CN(C(=O)c2cc(C3CC3)nn2-c2ccccc2)C[C@H]1C(=O)O. The molecule has 2 aromatic rings. The second-order valence-corrected chi connectivity index (χ2v) is 7.11. The van der Waals surface area contributed by atoms with Crippen molar-refractivity contribution in [2.75, 3.05) is 13.1 Å². The highest BCUT2D eigenvalue weighted by Gasteiger charge is 2.38. The number of rotatable bonds is 4. The van der Waals surface area contributed by atoms with Crippen LogP contribution in [0.4, 0.5) is 0 Å². The number of aliphatic carboxylic acids is 1. The summed E-state index contributed by atoms with van der Waals surface area (Å²) >= 11 is 0. The fourth-order valence-corrected chi connectivity index (χ4v) is 3.51. The molecule has 1 aromatic carbocycles. The zero-order chi connectivity index (χ0) is 17.6. The summed E-state index contributed by atoms with van der Waals surface area (Å²) in [4.78, 5) is 26.1. The van der Waals surface area contributed by atoms with Crippen molar-refractivity contribution in [3.63, 3.8) is 0 Å². The van der Waals surface area contributed by atoms with Crippen molar-refractivity contribution in [3.8, 4) is 5.69 Å². The van der Waals surface area contributed by atoms with Gasteiger partial charge in [0.1, 0.15) is 5.69 Å². The first-order valence-electron chi connectivity index (χ1n) is 8.72. The number of benzene rings is 1. The van der Waals surface area contributed by atoms with E-state index < -0.39 is 11.9 Å². The van der Waals surface area contributed by atoms with Crippen LogP contribution in [0.25, 0.3) is 5.69 Å². The molecule has 0 spiro atoms. The normalized spacial score (nSPS) is 23.0. The Morgan fingerprint density at radius 1 is 1.16 bits per heavy atom. The predicted molar refractivity (Wildman–Crippen MR) is 91.7 cm³/mol. The Labute approximate surface area is 146 Å². The highest BCUT2D eigenvalue weighted by atomic mass is 16.4. The fraction of sp³-hybridized carbons (Fsp3) is 0.421. The van der Waals surface area contributed by atoms with E-state index in [4.69, 9.17) is 0 Å². The molecule has 130 valence electrons. The molecular weight excluding hydrogens is 318 g/mol. The molecule has 1 amide bonds. The second-order valence-electron chi connectivity index (χ2n) is 7.11. The molecule has 0 bridgehead atoms. The van der Waals surface area contributed by atoms with Gasteiger partial charge in [-0.05, 0) is 37.0 Å². The average molecular weight is 339 g/mol. The van der Waals surface area contributed by atoms with E-state index in [0.717, 1.165) is 24.2 Å². The quantitative estimate of drug-likeness (QED) is 0.929. The third kappa shape index (κ3) is 2.92. The smallest absolute Gasteiger partial charge is 0.308 e. The van der Waals surface area contributed by atoms with E-state index in [2.05, 4.69) is 5.10 Å². The second kappa shape index (κ2) is 6.02. The Morgan fingerprint density at radius 3 is 2.48 bits per heavy atom. The summed E-state index contributed by atoms with van der Waals surface area (Å²) < 4.78 is 1.70. The van der Waals surface area contributed by atoms with Crippen molar-refractivity contribution in [2.24, 2.45) is 11.8 Å². The minimum atomic E-state index is -0.835. The maximum atomic E-state index is 13.1. The summed E-state index contributed by atoms with van der Waals surface area (Å²) in [5.74, 6) is -1.07. The summed E-state index contributed by atoms with van der Waals surface area (Å²) in [7, 11) is 0. The lowest BCUT2D eigenvalue weighted by Crippen LogP contribution is -2.31. The molecule has 2 fully saturated rings. The van der Waals surface area contributed by atoms with Gasteiger partial charge in [0.25, 0.3) is 5.91 Å². The lowest BCUT2D eigenvalue weighted by atomic mass is 9.99. The van der Waals surface area contributed by atoms with E-state index in [-0.39, 0.29) is 18.4 Å². The largest absolute Gasteiger partial charge is 0.481 e. The van der Waals surface area contributed by atoms with Gasteiger partial charge in [0.2, 0.25) is 0 Å². The first-order chi connectivity index (χ1) is 12.0. The molecule has 2 atom stereocenters. The third-order valence-electron chi connectivity index (χ3n) is 5.16. The molecule has 1 N–H and O–H groups in total. The first kappa shape index (κ1) is 15.9. The summed E-state index contributed by atoms with van der Waals surface area (Å²) in [5, 5.41) is 14.0. The molecule has 25 heavy (non-hydrogen) atoms. The van der Waals surface area contributed by atoms with Gasteiger partial charge in [0.15, 0.2) is 0 Å². The lowest BCUT2D eigenvalue weighted by molar-refractivity contribution is -0.142. The molecule has 1 aliphatic carbocycles. The summed E-state index contributed by atoms with van der Waals surface area (Å²) in [6.07, 6.45) is 2.22. The topological polar surface area (TPSA) is 75.4 Å². The molecule has 6 heteroatoms. The molecule has 1 aliphatic heterocycles. The Balaban J connectivity index is 1.67. The molecule has 1 aromatic heterocycles. The van der Waals surface area contributed by atoms with E-state index in [1.165, 1.54) is 0 Å². The van der Waals surface area contributed by atoms with Crippen LogP contribution >= 0.6 is 0 Å². The van der Waals surface area contributed by atoms with E-state index in [1.54, 1.807) is 9.58 Å². The van der Waals surface area contributed by atoms with Crippen LogP contribution in [0.1, 0.15) is 41.9 Å². The van der Waals surface area contributed by atoms with Gasteiger partial charge < -0.3 is 10.0 Å². The molecule has 6 nitrogen and oxygen atoms in total. The van der Waals surface area contributed by atoms with Crippen LogP contribution < -0.4 is 0 Å². The molecule has 0 unspecified atom stereocenters. The maximum Gasteiger partial charge on any atom is 0.308 e. The molecule has 0 radical (unpaired) electrons. The number of likely N-dealkylation sites (tertiary alicyclic amines) is 1. The highest BCUT2D eigenvalue weighted by Crippen LogP contribution is 2.40. The van der Waals surface area contributed by atoms with Crippen molar-refractivity contribution >= 4 is 11.9 Å². The van der Waals surface area contributed by atoms with Crippen molar-refractivity contribution in [1.29, 1.82) is 0 Å². The Morgan fingerprint density at radius 2 is 1.88 bits per heavy atom. The number of carboxylic acid groups (broad SMARTS) is 1. The Bertz CT molecular complexity index is 811. The van der Waals surface area contributed by atoms with Crippen molar-refractivity contribution in [1.82, 2.24) is 14.7 Å². The highest BCUT2D eigenvalue weighted by molar-refractivity contribution is 5.94. The maximum absolute atomic E-state index is 13.1.